The van der Waals surface area contributed by atoms with E-state index in [2.05, 4.69) is 10.3 Å². The Bertz CT molecular complexity index is 733. The smallest absolute Gasteiger partial charge is 0.406 e. The molecule has 1 N–H and O–H groups in total. The molecule has 0 saturated heterocycles. The number of benzene rings is 1. The summed E-state index contributed by atoms with van der Waals surface area (Å²) in [5.41, 5.74) is 1.05. The van der Waals surface area contributed by atoms with E-state index >= 15 is 0 Å². The molecule has 1 unspecified atom stereocenters. The van der Waals surface area contributed by atoms with Crippen molar-refractivity contribution in [3.8, 4) is 11.5 Å². The third-order valence-electron chi connectivity index (χ3n) is 3.47. The molecule has 1 heterocycles. The Kier molecular flexibility index (Phi) is 6.27. The van der Waals surface area contributed by atoms with Crippen LogP contribution >= 0.6 is 0 Å². The zero-order valence-electron chi connectivity index (χ0n) is 14.0. The third kappa shape index (κ3) is 5.17. The highest BCUT2D eigenvalue weighted by Gasteiger charge is 2.21. The molecule has 1 aromatic heterocycles. The van der Waals surface area contributed by atoms with Gasteiger partial charge < -0.3 is 24.9 Å². The number of ether oxygens (including phenoxy) is 2. The summed E-state index contributed by atoms with van der Waals surface area (Å²) >= 11 is 0. The van der Waals surface area contributed by atoms with Crippen molar-refractivity contribution >= 4 is 11.7 Å². The standard InChI is InChI=1S/C17H19N3O5/c1-12(25-15-4-3-10-18-16(15)20(22)23)17(21)19-11-9-13-5-7-14(24-2)8-6-13/h3-8,10,12H,9,11H2,1-2H3,(H,19,21). The highest BCUT2D eigenvalue weighted by molar-refractivity contribution is 5.80. The number of carbonyl (C=O) groups is 1. The van der Waals surface area contributed by atoms with Crippen molar-refractivity contribution in [1.82, 2.24) is 10.3 Å². The van der Waals surface area contributed by atoms with Crippen molar-refractivity contribution in [3.05, 3.63) is 58.3 Å². The molecule has 0 saturated carbocycles. The van der Waals surface area contributed by atoms with E-state index in [-0.39, 0.29) is 11.7 Å². The number of aromatic nitrogens is 1. The van der Waals surface area contributed by atoms with Gasteiger partial charge in [0.1, 0.15) is 11.9 Å². The van der Waals surface area contributed by atoms with Crippen molar-refractivity contribution in [2.45, 2.75) is 19.4 Å². The Hall–Kier alpha value is -3.16. The molecule has 2 aromatic rings. The normalized spacial score (nSPS) is 11.4. The topological polar surface area (TPSA) is 104 Å². The number of hydrogen-bond donors (Lipinski definition) is 1. The van der Waals surface area contributed by atoms with Gasteiger partial charge in [-0.3, -0.25) is 4.79 Å². The second kappa shape index (κ2) is 8.62. The van der Waals surface area contributed by atoms with Crippen molar-refractivity contribution in [2.24, 2.45) is 0 Å². The van der Waals surface area contributed by atoms with E-state index in [1.807, 2.05) is 24.3 Å². The van der Waals surface area contributed by atoms with Gasteiger partial charge in [0.05, 0.1) is 7.11 Å². The van der Waals surface area contributed by atoms with Crippen LogP contribution in [0.4, 0.5) is 5.82 Å². The van der Waals surface area contributed by atoms with Gasteiger partial charge in [-0.25, -0.2) is 0 Å². The van der Waals surface area contributed by atoms with Gasteiger partial charge >= 0.3 is 5.82 Å². The van der Waals surface area contributed by atoms with Crippen LogP contribution in [0.3, 0.4) is 0 Å². The molecule has 0 aliphatic heterocycles. The highest BCUT2D eigenvalue weighted by Crippen LogP contribution is 2.24. The predicted octanol–water partition coefficient (Wildman–Crippen LogP) is 2.12. The van der Waals surface area contributed by atoms with Crippen molar-refractivity contribution in [1.29, 1.82) is 0 Å². The van der Waals surface area contributed by atoms with Crippen LogP contribution in [0.5, 0.6) is 11.5 Å². The van der Waals surface area contributed by atoms with Gasteiger partial charge in [-0.2, -0.15) is 0 Å². The maximum absolute atomic E-state index is 12.1. The fraction of sp³-hybridized carbons (Fsp3) is 0.294. The number of amides is 1. The number of nitro groups is 1. The molecule has 0 bridgehead atoms. The van der Waals surface area contributed by atoms with Crippen LogP contribution in [0.15, 0.2) is 42.6 Å². The largest absolute Gasteiger partial charge is 0.497 e. The third-order valence-corrected chi connectivity index (χ3v) is 3.47. The first-order chi connectivity index (χ1) is 12.0. The molecule has 0 radical (unpaired) electrons. The molecule has 1 atom stereocenters. The minimum atomic E-state index is -0.876. The molecule has 0 spiro atoms. The maximum Gasteiger partial charge on any atom is 0.406 e. The number of pyridine rings is 1. The Morgan fingerprint density at radius 3 is 2.68 bits per heavy atom. The molecule has 8 heteroatoms. The number of methoxy groups -OCH3 is 1. The Labute approximate surface area is 144 Å². The second-order valence-corrected chi connectivity index (χ2v) is 5.23. The molecule has 1 aromatic carbocycles. The Morgan fingerprint density at radius 1 is 1.32 bits per heavy atom. The lowest BCUT2D eigenvalue weighted by atomic mass is 10.1. The number of nitrogens with zero attached hydrogens (tertiary/aromatic N) is 2. The average molecular weight is 345 g/mol. The van der Waals surface area contributed by atoms with Crippen molar-refractivity contribution < 1.29 is 19.2 Å². The molecule has 8 nitrogen and oxygen atoms in total. The van der Waals surface area contributed by atoms with Gasteiger partial charge in [-0.15, -0.1) is 0 Å². The molecular weight excluding hydrogens is 326 g/mol. The van der Waals surface area contributed by atoms with Gasteiger partial charge in [0.25, 0.3) is 5.91 Å². The quantitative estimate of drug-likeness (QED) is 0.580. The van der Waals surface area contributed by atoms with E-state index in [1.54, 1.807) is 7.11 Å². The monoisotopic (exact) mass is 345 g/mol. The van der Waals surface area contributed by atoms with Gasteiger partial charge in [0.15, 0.2) is 6.10 Å². The van der Waals surface area contributed by atoms with E-state index < -0.39 is 16.8 Å². The van der Waals surface area contributed by atoms with Gasteiger partial charge in [0, 0.05) is 6.54 Å². The minimum absolute atomic E-state index is 0.0368. The molecule has 0 fully saturated rings. The van der Waals surface area contributed by atoms with Gasteiger partial charge in [-0.05, 0) is 53.1 Å². The van der Waals surface area contributed by atoms with Gasteiger partial charge in [-0.1, -0.05) is 12.1 Å². The van der Waals surface area contributed by atoms with Gasteiger partial charge in [0.2, 0.25) is 5.75 Å². The first-order valence-electron chi connectivity index (χ1n) is 7.68. The summed E-state index contributed by atoms with van der Waals surface area (Å²) in [5, 5.41) is 13.6. The van der Waals surface area contributed by atoms with Crippen LogP contribution in [-0.2, 0) is 11.2 Å². The summed E-state index contributed by atoms with van der Waals surface area (Å²) in [7, 11) is 1.60. The fourth-order valence-corrected chi connectivity index (χ4v) is 2.12. The molecule has 132 valence electrons. The summed E-state index contributed by atoms with van der Waals surface area (Å²) in [6.45, 7) is 1.95. The average Bonchev–Trinajstić information content (AvgIpc) is 2.62. The Morgan fingerprint density at radius 2 is 2.04 bits per heavy atom. The zero-order valence-corrected chi connectivity index (χ0v) is 14.0. The molecule has 25 heavy (non-hydrogen) atoms. The number of nitrogens with one attached hydrogen (secondary N) is 1. The van der Waals surface area contributed by atoms with Crippen LogP contribution in [0.2, 0.25) is 0 Å². The van der Waals surface area contributed by atoms with Crippen LogP contribution in [0, 0.1) is 10.1 Å². The summed E-state index contributed by atoms with van der Waals surface area (Å²) in [6, 6.07) is 10.5. The number of carbonyl (C=O) groups excluding carboxylic acids is 1. The highest BCUT2D eigenvalue weighted by atomic mass is 16.6. The molecule has 0 aliphatic carbocycles. The SMILES string of the molecule is COc1ccc(CCNC(=O)C(C)Oc2cccnc2[N+](=O)[O-])cc1. The van der Waals surface area contributed by atoms with E-state index in [4.69, 9.17) is 9.47 Å². The fourth-order valence-electron chi connectivity index (χ4n) is 2.12. The molecule has 1 amide bonds. The van der Waals surface area contributed by atoms with Crippen LogP contribution in [0.25, 0.3) is 0 Å². The molecule has 2 rings (SSSR count). The van der Waals surface area contributed by atoms with E-state index in [9.17, 15) is 14.9 Å². The zero-order chi connectivity index (χ0) is 18.2. The molecule has 0 aliphatic rings. The molecular formula is C17H19N3O5. The first kappa shape index (κ1) is 18.2. The predicted molar refractivity (Wildman–Crippen MR) is 90.7 cm³/mol. The second-order valence-electron chi connectivity index (χ2n) is 5.23. The number of hydrogen-bond acceptors (Lipinski definition) is 6. The van der Waals surface area contributed by atoms with Crippen molar-refractivity contribution in [2.75, 3.05) is 13.7 Å². The minimum Gasteiger partial charge on any atom is -0.497 e. The lowest BCUT2D eigenvalue weighted by Crippen LogP contribution is -2.37. The van der Waals surface area contributed by atoms with E-state index in [0.29, 0.717) is 13.0 Å². The lowest BCUT2D eigenvalue weighted by molar-refractivity contribution is -0.390. The summed E-state index contributed by atoms with van der Waals surface area (Å²) in [6.07, 6.45) is 1.07. The van der Waals surface area contributed by atoms with Crippen LogP contribution in [-0.4, -0.2) is 35.6 Å². The Balaban J connectivity index is 1.85. The van der Waals surface area contributed by atoms with Crippen molar-refractivity contribution in [3.63, 3.8) is 0 Å². The number of rotatable bonds is 8. The van der Waals surface area contributed by atoms with E-state index in [1.165, 1.54) is 25.3 Å². The van der Waals surface area contributed by atoms with Crippen LogP contribution in [0.1, 0.15) is 12.5 Å². The maximum atomic E-state index is 12.1. The van der Waals surface area contributed by atoms with Crippen LogP contribution < -0.4 is 14.8 Å². The summed E-state index contributed by atoms with van der Waals surface area (Å²) < 4.78 is 10.5. The van der Waals surface area contributed by atoms with E-state index in [0.717, 1.165) is 11.3 Å². The first-order valence-corrected chi connectivity index (χ1v) is 7.68. The lowest BCUT2D eigenvalue weighted by Gasteiger charge is -2.14. The summed E-state index contributed by atoms with van der Waals surface area (Å²) in [4.78, 5) is 26.0. The summed E-state index contributed by atoms with van der Waals surface area (Å²) in [5.74, 6) is -0.0368.